The first-order valence-electron chi connectivity index (χ1n) is 10.4. The van der Waals surface area contributed by atoms with E-state index in [1.54, 1.807) is 37.4 Å². The molecule has 13 heteroatoms. The zero-order chi connectivity index (χ0) is 26.5. The predicted octanol–water partition coefficient (Wildman–Crippen LogP) is 6.90. The van der Waals surface area contributed by atoms with Gasteiger partial charge in [0.15, 0.2) is 5.66 Å². The molecule has 2 atom stereocenters. The zero-order valence-corrected chi connectivity index (χ0v) is 22.2. The molecule has 2 aromatic carbocycles. The lowest BCUT2D eigenvalue weighted by atomic mass is 10.1. The van der Waals surface area contributed by atoms with Gasteiger partial charge in [0.05, 0.1) is 6.10 Å². The number of nitrogens with one attached hydrogen (secondary N) is 1. The smallest absolute Gasteiger partial charge is 0.432 e. The zero-order valence-electron chi connectivity index (χ0n) is 18.9. The number of carbonyl (C=O) groups is 2. The van der Waals surface area contributed by atoms with Gasteiger partial charge in [-0.3, -0.25) is 13.9 Å². The molecule has 2 unspecified atom stereocenters. The number of amides is 1. The van der Waals surface area contributed by atoms with E-state index in [-0.39, 0.29) is 10.6 Å². The molecule has 0 bridgehead atoms. The minimum Gasteiger partial charge on any atom is -0.432 e. The monoisotopic (exact) mass is 575 g/mol. The summed E-state index contributed by atoms with van der Waals surface area (Å²) in [5, 5.41) is 4.95. The van der Waals surface area contributed by atoms with Crippen molar-refractivity contribution in [1.29, 1.82) is 0 Å². The fraction of sp³-hybridized carbons (Fsp3) is 0.217. The summed E-state index contributed by atoms with van der Waals surface area (Å²) in [4.78, 5) is 35.5. The van der Waals surface area contributed by atoms with E-state index in [1.807, 2.05) is 0 Å². The summed E-state index contributed by atoms with van der Waals surface area (Å²) in [5.74, 6) is -1.47. The van der Waals surface area contributed by atoms with E-state index in [2.05, 4.69) is 10.1 Å². The predicted molar refractivity (Wildman–Crippen MR) is 137 cm³/mol. The van der Waals surface area contributed by atoms with Gasteiger partial charge in [0.2, 0.25) is 12.7 Å². The second-order valence-corrected chi connectivity index (χ2v) is 11.3. The van der Waals surface area contributed by atoms with Gasteiger partial charge in [-0.1, -0.05) is 23.2 Å². The molecular formula is C23H21Cl2FNO7PS. The molecule has 1 amide bonds. The number of rotatable bonds is 9. The lowest BCUT2D eigenvalue weighted by molar-refractivity contribution is -0.120. The molecule has 0 spiro atoms. The van der Waals surface area contributed by atoms with Crippen LogP contribution >= 0.6 is 42.1 Å². The lowest BCUT2D eigenvalue weighted by Gasteiger charge is -2.21. The molecule has 0 aliphatic heterocycles. The van der Waals surface area contributed by atoms with Gasteiger partial charge in [-0.2, -0.15) is 0 Å². The largest absolute Gasteiger partial charge is 0.510 e. The van der Waals surface area contributed by atoms with Crippen molar-refractivity contribution in [2.75, 3.05) is 6.79 Å². The van der Waals surface area contributed by atoms with Gasteiger partial charge in [-0.05, 0) is 78.2 Å². The quantitative estimate of drug-likeness (QED) is 0.162. The summed E-state index contributed by atoms with van der Waals surface area (Å²) in [7, 11) is -4.78. The molecule has 0 aliphatic rings. The third-order valence-electron chi connectivity index (χ3n) is 4.57. The molecule has 1 aromatic heterocycles. The second-order valence-electron chi connectivity index (χ2n) is 7.65. The molecule has 2 N–H and O–H groups in total. The molecule has 0 fully saturated rings. The number of benzene rings is 2. The summed E-state index contributed by atoms with van der Waals surface area (Å²) in [6, 6.07) is 8.70. The van der Waals surface area contributed by atoms with Crippen LogP contribution in [0.15, 0.2) is 48.0 Å². The Morgan fingerprint density at radius 3 is 2.64 bits per heavy atom. The molecule has 1 heterocycles. The molecule has 0 saturated heterocycles. The maximum absolute atomic E-state index is 13.6. The first-order valence-corrected chi connectivity index (χ1v) is 13.6. The van der Waals surface area contributed by atoms with Crippen molar-refractivity contribution in [2.45, 2.75) is 25.6 Å². The van der Waals surface area contributed by atoms with Crippen molar-refractivity contribution < 1.29 is 37.4 Å². The molecule has 8 nitrogen and oxygen atoms in total. The van der Waals surface area contributed by atoms with Gasteiger partial charge < -0.3 is 19.7 Å². The maximum Gasteiger partial charge on any atom is 0.510 e. The highest BCUT2D eigenvalue weighted by molar-refractivity contribution is 7.54. The number of thiophene rings is 1. The second kappa shape index (κ2) is 12.2. The molecule has 3 aromatic rings. The Morgan fingerprint density at radius 2 is 1.94 bits per heavy atom. The van der Waals surface area contributed by atoms with Crippen LogP contribution in [0, 0.1) is 5.82 Å². The first-order chi connectivity index (χ1) is 17.0. The Morgan fingerprint density at radius 1 is 1.19 bits per heavy atom. The van der Waals surface area contributed by atoms with Crippen molar-refractivity contribution in [2.24, 2.45) is 0 Å². The maximum atomic E-state index is 13.6. The van der Waals surface area contributed by atoms with Crippen LogP contribution in [0.2, 0.25) is 10.0 Å². The Labute approximate surface area is 220 Å². The van der Waals surface area contributed by atoms with Crippen molar-refractivity contribution in [3.63, 3.8) is 0 Å². The van der Waals surface area contributed by atoms with Crippen LogP contribution in [-0.4, -0.2) is 29.9 Å². The average Bonchev–Trinajstić information content (AvgIpc) is 3.14. The van der Waals surface area contributed by atoms with Gasteiger partial charge >= 0.3 is 13.8 Å². The van der Waals surface area contributed by atoms with Gasteiger partial charge in [0, 0.05) is 20.9 Å². The first kappa shape index (κ1) is 28.1. The van der Waals surface area contributed by atoms with E-state index in [1.165, 1.54) is 35.7 Å². The van der Waals surface area contributed by atoms with Crippen LogP contribution < -0.4 is 5.32 Å². The highest BCUT2D eigenvalue weighted by atomic mass is 35.5. The van der Waals surface area contributed by atoms with Crippen LogP contribution in [0.4, 0.5) is 9.18 Å². The van der Waals surface area contributed by atoms with Crippen molar-refractivity contribution >= 4 is 70.4 Å². The molecule has 3 rings (SSSR count). The van der Waals surface area contributed by atoms with E-state index < -0.39 is 44.0 Å². The highest BCUT2D eigenvalue weighted by Gasteiger charge is 2.41. The normalized spacial score (nSPS) is 14.1. The third kappa shape index (κ3) is 7.52. The number of ether oxygens (including phenoxy) is 2. The third-order valence-corrected chi connectivity index (χ3v) is 7.64. The number of hydrogen-bond donors (Lipinski definition) is 2. The van der Waals surface area contributed by atoms with Crippen molar-refractivity contribution in [3.8, 4) is 0 Å². The summed E-state index contributed by atoms with van der Waals surface area (Å²) in [6.07, 6.45) is 0.966. The van der Waals surface area contributed by atoms with Crippen LogP contribution in [-0.2, 0) is 23.4 Å². The molecule has 36 heavy (non-hydrogen) atoms. The summed E-state index contributed by atoms with van der Waals surface area (Å²) >= 11 is 13.2. The fourth-order valence-corrected chi connectivity index (χ4v) is 5.88. The van der Waals surface area contributed by atoms with E-state index >= 15 is 0 Å². The lowest BCUT2D eigenvalue weighted by Crippen LogP contribution is -2.26. The topological polar surface area (TPSA) is 111 Å². The SMILES string of the molecule is CC(C)OC(=O)OCOP(=O)(O)C(C(=O)NC=Cc1cc(F)cc(Cl)c1)c1csc2ccc(Cl)cc12. The summed E-state index contributed by atoms with van der Waals surface area (Å²) < 4.78 is 41.9. The standard InChI is InChI=1S/C23H21Cl2FNO7PS/c1-13(2)34-23(29)32-12-33-35(30,31)21(19-11-36-20-4-3-15(24)10-18(19)20)22(28)27-6-5-14-7-16(25)9-17(26)8-14/h3-11,13,21H,12H2,1-2H3,(H,27,28)(H,30,31). The van der Waals surface area contributed by atoms with Gasteiger partial charge in [-0.25, -0.2) is 9.18 Å². The molecular weight excluding hydrogens is 555 g/mol. The number of fused-ring (bicyclic) bond motifs is 1. The molecule has 0 saturated carbocycles. The van der Waals surface area contributed by atoms with Crippen LogP contribution in [0.3, 0.4) is 0 Å². The van der Waals surface area contributed by atoms with Gasteiger partial charge in [-0.15, -0.1) is 11.3 Å². The van der Waals surface area contributed by atoms with E-state index in [4.69, 9.17) is 32.5 Å². The fourth-order valence-electron chi connectivity index (χ4n) is 3.12. The number of hydrogen-bond acceptors (Lipinski definition) is 7. The molecule has 0 aliphatic carbocycles. The molecule has 0 radical (unpaired) electrons. The minimum absolute atomic E-state index is 0.157. The average molecular weight is 576 g/mol. The Balaban J connectivity index is 1.87. The Kier molecular flexibility index (Phi) is 9.52. The summed E-state index contributed by atoms with van der Waals surface area (Å²) in [5.41, 5.74) is -1.17. The van der Waals surface area contributed by atoms with E-state index in [0.29, 0.717) is 20.7 Å². The summed E-state index contributed by atoms with van der Waals surface area (Å²) in [6.45, 7) is 2.26. The minimum atomic E-state index is -4.78. The van der Waals surface area contributed by atoms with E-state index in [0.717, 1.165) is 6.07 Å². The van der Waals surface area contributed by atoms with Crippen LogP contribution in [0.5, 0.6) is 0 Å². The number of carbonyl (C=O) groups excluding carboxylic acids is 2. The van der Waals surface area contributed by atoms with Gasteiger partial charge in [0.1, 0.15) is 5.82 Å². The van der Waals surface area contributed by atoms with Crippen molar-refractivity contribution in [3.05, 3.63) is 75.0 Å². The number of halogens is 3. The molecule has 192 valence electrons. The van der Waals surface area contributed by atoms with Gasteiger partial charge in [0.25, 0.3) is 0 Å². The van der Waals surface area contributed by atoms with Crippen LogP contribution in [0.1, 0.15) is 30.6 Å². The highest BCUT2D eigenvalue weighted by Crippen LogP contribution is 2.58. The Hall–Kier alpha value is -2.46. The van der Waals surface area contributed by atoms with Crippen molar-refractivity contribution in [1.82, 2.24) is 5.32 Å². The van der Waals surface area contributed by atoms with E-state index in [9.17, 15) is 23.4 Å². The van der Waals surface area contributed by atoms with Crippen LogP contribution in [0.25, 0.3) is 16.2 Å². The Bertz CT molecular complexity index is 1330.